The monoisotopic (exact) mass is 288 g/mol. The van der Waals surface area contributed by atoms with Crippen molar-refractivity contribution in [3.63, 3.8) is 0 Å². The number of rotatable bonds is 2. The molecule has 22 heavy (non-hydrogen) atoms. The first-order valence-corrected chi connectivity index (χ1v) is 8.07. The number of aliphatic hydroxyl groups is 1. The van der Waals surface area contributed by atoms with E-state index in [1.165, 1.54) is 16.3 Å². The number of hydrogen-bond acceptors (Lipinski definition) is 1. The Bertz CT molecular complexity index is 813. The maximum absolute atomic E-state index is 11.0. The van der Waals surface area contributed by atoms with Gasteiger partial charge in [0.25, 0.3) is 0 Å². The molecule has 1 saturated carbocycles. The van der Waals surface area contributed by atoms with Gasteiger partial charge in [-0.05, 0) is 46.4 Å². The molecule has 0 aliphatic heterocycles. The van der Waals surface area contributed by atoms with E-state index in [2.05, 4.69) is 60.7 Å². The highest BCUT2D eigenvalue weighted by molar-refractivity contribution is 5.87. The van der Waals surface area contributed by atoms with Crippen molar-refractivity contribution in [1.82, 2.24) is 0 Å². The molecule has 1 N–H and O–H groups in total. The van der Waals surface area contributed by atoms with Gasteiger partial charge >= 0.3 is 0 Å². The van der Waals surface area contributed by atoms with Crippen molar-refractivity contribution in [3.8, 4) is 11.1 Å². The van der Waals surface area contributed by atoms with Gasteiger partial charge in [-0.1, -0.05) is 73.5 Å². The minimum Gasteiger partial charge on any atom is -0.385 e. The molecule has 0 saturated heterocycles. The van der Waals surface area contributed by atoms with Crippen LogP contribution in [0.2, 0.25) is 0 Å². The largest absolute Gasteiger partial charge is 0.385 e. The van der Waals surface area contributed by atoms with Crippen LogP contribution in [-0.4, -0.2) is 5.11 Å². The second kappa shape index (κ2) is 5.26. The van der Waals surface area contributed by atoms with E-state index in [9.17, 15) is 5.11 Å². The van der Waals surface area contributed by atoms with Crippen molar-refractivity contribution < 1.29 is 5.11 Å². The van der Waals surface area contributed by atoms with Crippen molar-refractivity contribution >= 4 is 10.8 Å². The third kappa shape index (κ3) is 2.22. The number of fused-ring (bicyclic) bond motifs is 1. The number of benzene rings is 3. The van der Waals surface area contributed by atoms with Crippen LogP contribution in [0.3, 0.4) is 0 Å². The molecular formula is C21H20O. The highest BCUT2D eigenvalue weighted by atomic mass is 16.3. The van der Waals surface area contributed by atoms with Gasteiger partial charge in [0.1, 0.15) is 0 Å². The van der Waals surface area contributed by atoms with E-state index in [1.807, 2.05) is 6.07 Å². The summed E-state index contributed by atoms with van der Waals surface area (Å²) in [6.45, 7) is 0. The lowest BCUT2D eigenvalue weighted by Gasteiger charge is -2.26. The van der Waals surface area contributed by atoms with Crippen molar-refractivity contribution in [2.45, 2.75) is 31.3 Å². The van der Waals surface area contributed by atoms with Crippen molar-refractivity contribution in [2.24, 2.45) is 0 Å². The fourth-order valence-electron chi connectivity index (χ4n) is 3.73. The van der Waals surface area contributed by atoms with Crippen LogP contribution in [-0.2, 0) is 5.60 Å². The van der Waals surface area contributed by atoms with Crippen LogP contribution < -0.4 is 0 Å². The molecule has 1 fully saturated rings. The molecule has 1 aliphatic rings. The zero-order valence-corrected chi connectivity index (χ0v) is 12.6. The van der Waals surface area contributed by atoms with Gasteiger partial charge in [-0.15, -0.1) is 0 Å². The van der Waals surface area contributed by atoms with Gasteiger partial charge in [0.05, 0.1) is 5.60 Å². The van der Waals surface area contributed by atoms with Gasteiger partial charge in [-0.3, -0.25) is 0 Å². The summed E-state index contributed by atoms with van der Waals surface area (Å²) >= 11 is 0. The standard InChI is InChI=1S/C21H20O/c22-21(13-5-6-14-21)20-10-4-3-9-19(20)18-12-11-16-7-1-2-8-17(16)15-18/h1-4,7-12,15,22H,5-6,13-14H2. The average molecular weight is 288 g/mol. The zero-order valence-electron chi connectivity index (χ0n) is 12.6. The quantitative estimate of drug-likeness (QED) is 0.681. The summed E-state index contributed by atoms with van der Waals surface area (Å²) < 4.78 is 0. The first-order chi connectivity index (χ1) is 10.8. The fourth-order valence-corrected chi connectivity index (χ4v) is 3.73. The predicted molar refractivity (Wildman–Crippen MR) is 91.7 cm³/mol. The van der Waals surface area contributed by atoms with E-state index in [0.29, 0.717) is 0 Å². The summed E-state index contributed by atoms with van der Waals surface area (Å²) in [7, 11) is 0. The second-order valence-corrected chi connectivity index (χ2v) is 6.35. The van der Waals surface area contributed by atoms with E-state index in [4.69, 9.17) is 0 Å². The van der Waals surface area contributed by atoms with Crippen LogP contribution in [0.4, 0.5) is 0 Å². The molecule has 0 unspecified atom stereocenters. The molecule has 1 aliphatic carbocycles. The molecule has 1 nitrogen and oxygen atoms in total. The summed E-state index contributed by atoms with van der Waals surface area (Å²) in [6.07, 6.45) is 3.97. The summed E-state index contributed by atoms with van der Waals surface area (Å²) in [5.41, 5.74) is 2.79. The summed E-state index contributed by atoms with van der Waals surface area (Å²) in [5.74, 6) is 0. The van der Waals surface area contributed by atoms with Crippen molar-refractivity contribution in [2.75, 3.05) is 0 Å². The van der Waals surface area contributed by atoms with Crippen LogP contribution in [0, 0.1) is 0 Å². The normalized spacial score (nSPS) is 17.0. The van der Waals surface area contributed by atoms with Gasteiger partial charge < -0.3 is 5.11 Å². The third-order valence-corrected chi connectivity index (χ3v) is 4.92. The van der Waals surface area contributed by atoms with Gasteiger partial charge in [0.15, 0.2) is 0 Å². The molecule has 0 heterocycles. The van der Waals surface area contributed by atoms with Gasteiger partial charge in [0, 0.05) is 0 Å². The molecule has 1 heteroatoms. The summed E-state index contributed by atoms with van der Waals surface area (Å²) in [4.78, 5) is 0. The lowest BCUT2D eigenvalue weighted by atomic mass is 9.85. The van der Waals surface area contributed by atoms with Gasteiger partial charge in [0.2, 0.25) is 0 Å². The Hall–Kier alpha value is -2.12. The minimum absolute atomic E-state index is 0.651. The Balaban J connectivity index is 1.88. The Morgan fingerprint density at radius 1 is 0.727 bits per heavy atom. The number of hydrogen-bond donors (Lipinski definition) is 1. The van der Waals surface area contributed by atoms with Crippen molar-refractivity contribution in [3.05, 3.63) is 72.3 Å². The second-order valence-electron chi connectivity index (χ2n) is 6.35. The Kier molecular flexibility index (Phi) is 3.24. The molecule has 0 aromatic heterocycles. The first-order valence-electron chi connectivity index (χ1n) is 8.07. The molecule has 4 rings (SSSR count). The lowest BCUT2D eigenvalue weighted by Crippen LogP contribution is -2.21. The van der Waals surface area contributed by atoms with E-state index in [1.54, 1.807) is 0 Å². The average Bonchev–Trinajstić information content (AvgIpc) is 3.02. The van der Waals surface area contributed by atoms with E-state index in [-0.39, 0.29) is 0 Å². The fraction of sp³-hybridized carbons (Fsp3) is 0.238. The van der Waals surface area contributed by atoms with E-state index < -0.39 is 5.60 Å². The molecule has 3 aromatic rings. The Labute approximate surface area is 131 Å². The molecule has 110 valence electrons. The molecule has 0 spiro atoms. The smallest absolute Gasteiger partial charge is 0.0902 e. The van der Waals surface area contributed by atoms with Crippen LogP contribution in [0.15, 0.2) is 66.7 Å². The predicted octanol–water partition coefficient (Wildman–Crippen LogP) is 5.27. The highest BCUT2D eigenvalue weighted by Crippen LogP contribution is 2.42. The summed E-state index contributed by atoms with van der Waals surface area (Å²) in [6, 6.07) is 23.3. The van der Waals surface area contributed by atoms with Gasteiger partial charge in [-0.2, -0.15) is 0 Å². The first kappa shape index (κ1) is 13.5. The van der Waals surface area contributed by atoms with Crippen LogP contribution in [0.1, 0.15) is 31.2 Å². The van der Waals surface area contributed by atoms with E-state index >= 15 is 0 Å². The molecule has 0 bridgehead atoms. The minimum atomic E-state index is -0.651. The molecule has 0 amide bonds. The van der Waals surface area contributed by atoms with Crippen LogP contribution in [0.25, 0.3) is 21.9 Å². The Morgan fingerprint density at radius 3 is 2.23 bits per heavy atom. The Morgan fingerprint density at radius 2 is 1.41 bits per heavy atom. The third-order valence-electron chi connectivity index (χ3n) is 4.92. The molecular weight excluding hydrogens is 268 g/mol. The highest BCUT2D eigenvalue weighted by Gasteiger charge is 2.34. The van der Waals surface area contributed by atoms with Crippen molar-refractivity contribution in [1.29, 1.82) is 0 Å². The molecule has 0 radical (unpaired) electrons. The molecule has 0 atom stereocenters. The SMILES string of the molecule is OC1(c2ccccc2-c2ccc3ccccc3c2)CCCC1. The van der Waals surface area contributed by atoms with Gasteiger partial charge in [-0.25, -0.2) is 0 Å². The lowest BCUT2D eigenvalue weighted by molar-refractivity contribution is 0.0450. The maximum Gasteiger partial charge on any atom is 0.0902 e. The maximum atomic E-state index is 11.0. The van der Waals surface area contributed by atoms with Crippen LogP contribution in [0.5, 0.6) is 0 Å². The molecule has 3 aromatic carbocycles. The topological polar surface area (TPSA) is 20.2 Å². The van der Waals surface area contributed by atoms with Crippen LogP contribution >= 0.6 is 0 Å². The summed E-state index contributed by atoms with van der Waals surface area (Å²) in [5, 5.41) is 13.5. The van der Waals surface area contributed by atoms with E-state index in [0.717, 1.165) is 36.8 Å². The zero-order chi connectivity index (χ0) is 15.0.